The van der Waals surface area contributed by atoms with E-state index in [-0.39, 0.29) is 0 Å². The molecular formula is C12H6Br2S2. The summed E-state index contributed by atoms with van der Waals surface area (Å²) in [6.45, 7) is 0. The van der Waals surface area contributed by atoms with E-state index in [0.717, 1.165) is 4.47 Å². The summed E-state index contributed by atoms with van der Waals surface area (Å²) in [6.07, 6.45) is 0. The monoisotopic (exact) mass is 372 g/mol. The van der Waals surface area contributed by atoms with E-state index in [0.29, 0.717) is 0 Å². The molecule has 2 aromatic carbocycles. The Balaban J connectivity index is 2.13. The third-order valence-electron chi connectivity index (χ3n) is 2.27. The highest BCUT2D eigenvalue weighted by molar-refractivity contribution is 9.10. The van der Waals surface area contributed by atoms with Crippen LogP contribution >= 0.6 is 55.4 Å². The Kier molecular flexibility index (Phi) is 3.09. The summed E-state index contributed by atoms with van der Waals surface area (Å²) in [4.78, 5) is 5.30. The summed E-state index contributed by atoms with van der Waals surface area (Å²) in [5, 5.41) is 0. The number of halogens is 2. The van der Waals surface area contributed by atoms with Crippen molar-refractivity contribution in [2.45, 2.75) is 19.6 Å². The van der Waals surface area contributed by atoms with E-state index in [1.54, 1.807) is 0 Å². The highest BCUT2D eigenvalue weighted by Gasteiger charge is 2.18. The second-order valence-electron chi connectivity index (χ2n) is 3.36. The first kappa shape index (κ1) is 11.2. The molecular weight excluding hydrogens is 368 g/mol. The van der Waals surface area contributed by atoms with Crippen molar-refractivity contribution in [2.75, 3.05) is 0 Å². The summed E-state index contributed by atoms with van der Waals surface area (Å²) in [6, 6.07) is 12.8. The van der Waals surface area contributed by atoms with Gasteiger partial charge in [0.1, 0.15) is 0 Å². The molecule has 3 rings (SSSR count). The van der Waals surface area contributed by atoms with Crippen molar-refractivity contribution in [3.05, 3.63) is 45.3 Å². The number of benzene rings is 2. The van der Waals surface area contributed by atoms with E-state index < -0.39 is 0 Å². The zero-order valence-corrected chi connectivity index (χ0v) is 12.8. The van der Waals surface area contributed by atoms with Crippen LogP contribution in [0.1, 0.15) is 0 Å². The third-order valence-corrected chi connectivity index (χ3v) is 6.28. The van der Waals surface area contributed by atoms with Crippen molar-refractivity contribution in [2.24, 2.45) is 0 Å². The SMILES string of the molecule is Brc1ccc2c(c1)Sc1cccc(Br)c1S2. The third kappa shape index (κ3) is 1.96. The maximum atomic E-state index is 3.60. The molecule has 0 spiro atoms. The van der Waals surface area contributed by atoms with Crippen molar-refractivity contribution in [1.82, 2.24) is 0 Å². The van der Waals surface area contributed by atoms with Crippen molar-refractivity contribution in [3.63, 3.8) is 0 Å². The first-order valence-corrected chi connectivity index (χ1v) is 7.90. The average molecular weight is 374 g/mol. The minimum atomic E-state index is 1.14. The highest BCUT2D eigenvalue weighted by atomic mass is 79.9. The van der Waals surface area contributed by atoms with Crippen LogP contribution in [0, 0.1) is 0 Å². The number of rotatable bonds is 0. The predicted octanol–water partition coefficient (Wildman–Crippen LogP) is 5.83. The Labute approximate surface area is 119 Å². The lowest BCUT2D eigenvalue weighted by atomic mass is 10.3. The van der Waals surface area contributed by atoms with Crippen LogP contribution in [0.4, 0.5) is 0 Å². The van der Waals surface area contributed by atoms with Crippen LogP contribution in [0.3, 0.4) is 0 Å². The van der Waals surface area contributed by atoms with Gasteiger partial charge in [0.05, 0.1) is 0 Å². The molecule has 0 aliphatic carbocycles. The molecule has 0 fully saturated rings. The van der Waals surface area contributed by atoms with Crippen LogP contribution < -0.4 is 0 Å². The Morgan fingerprint density at radius 3 is 2.56 bits per heavy atom. The largest absolute Gasteiger partial charge is 0.0876 e. The first-order valence-electron chi connectivity index (χ1n) is 4.68. The quantitative estimate of drug-likeness (QED) is 0.486. The van der Waals surface area contributed by atoms with E-state index in [2.05, 4.69) is 68.3 Å². The second-order valence-corrected chi connectivity index (χ2v) is 7.27. The maximum absolute atomic E-state index is 3.60. The molecule has 0 bridgehead atoms. The van der Waals surface area contributed by atoms with Crippen molar-refractivity contribution >= 4 is 55.4 Å². The molecule has 1 aliphatic heterocycles. The van der Waals surface area contributed by atoms with Gasteiger partial charge in [0, 0.05) is 28.5 Å². The lowest BCUT2D eigenvalue weighted by Crippen LogP contribution is -1.90. The molecule has 0 saturated carbocycles. The van der Waals surface area contributed by atoms with Crippen molar-refractivity contribution < 1.29 is 0 Å². The lowest BCUT2D eigenvalue weighted by molar-refractivity contribution is 1.14. The molecule has 1 aliphatic rings. The molecule has 0 nitrogen and oxygen atoms in total. The van der Waals surface area contributed by atoms with Gasteiger partial charge in [-0.1, -0.05) is 45.5 Å². The fourth-order valence-corrected chi connectivity index (χ4v) is 5.09. The Bertz CT molecular complexity index is 567. The molecule has 0 amide bonds. The van der Waals surface area contributed by atoms with Gasteiger partial charge >= 0.3 is 0 Å². The molecule has 4 heteroatoms. The minimum Gasteiger partial charge on any atom is -0.0876 e. The molecule has 2 aromatic rings. The zero-order chi connectivity index (χ0) is 11.1. The van der Waals surface area contributed by atoms with E-state index in [1.165, 1.54) is 24.1 Å². The van der Waals surface area contributed by atoms with Crippen LogP contribution in [0.2, 0.25) is 0 Å². The van der Waals surface area contributed by atoms with Gasteiger partial charge in [-0.2, -0.15) is 0 Å². The first-order chi connectivity index (χ1) is 7.74. The minimum absolute atomic E-state index is 1.14. The van der Waals surface area contributed by atoms with Gasteiger partial charge in [0.15, 0.2) is 0 Å². The average Bonchev–Trinajstić information content (AvgIpc) is 2.27. The van der Waals surface area contributed by atoms with E-state index in [4.69, 9.17) is 0 Å². The maximum Gasteiger partial charge on any atom is 0.0404 e. The van der Waals surface area contributed by atoms with E-state index >= 15 is 0 Å². The smallest absolute Gasteiger partial charge is 0.0404 e. The Morgan fingerprint density at radius 2 is 1.69 bits per heavy atom. The molecule has 1 heterocycles. The molecule has 0 saturated heterocycles. The van der Waals surface area contributed by atoms with Crippen molar-refractivity contribution in [1.29, 1.82) is 0 Å². The summed E-state index contributed by atoms with van der Waals surface area (Å²) in [5.41, 5.74) is 0. The summed E-state index contributed by atoms with van der Waals surface area (Å²) in [5.74, 6) is 0. The van der Waals surface area contributed by atoms with Gasteiger partial charge in [0.25, 0.3) is 0 Å². The van der Waals surface area contributed by atoms with Crippen LogP contribution in [0.5, 0.6) is 0 Å². The standard InChI is InChI=1S/C12H6Br2S2/c13-7-4-5-9-11(6-7)15-10-3-1-2-8(14)12(10)16-9/h1-6H. The van der Waals surface area contributed by atoms with Gasteiger partial charge in [-0.25, -0.2) is 0 Å². The topological polar surface area (TPSA) is 0 Å². The number of hydrogen-bond donors (Lipinski definition) is 0. The molecule has 0 unspecified atom stereocenters. The van der Waals surface area contributed by atoms with Crippen molar-refractivity contribution in [3.8, 4) is 0 Å². The predicted molar refractivity (Wildman–Crippen MR) is 76.5 cm³/mol. The molecule has 0 atom stereocenters. The molecule has 0 N–H and O–H groups in total. The van der Waals surface area contributed by atoms with Crippen LogP contribution in [-0.2, 0) is 0 Å². The molecule has 0 radical (unpaired) electrons. The molecule has 80 valence electrons. The van der Waals surface area contributed by atoms with E-state index in [1.807, 2.05) is 23.5 Å². The summed E-state index contributed by atoms with van der Waals surface area (Å²) in [7, 11) is 0. The number of hydrogen-bond acceptors (Lipinski definition) is 2. The van der Waals surface area contributed by atoms with Gasteiger partial charge in [-0.15, -0.1) is 0 Å². The molecule has 0 aromatic heterocycles. The fourth-order valence-electron chi connectivity index (χ4n) is 1.54. The lowest BCUT2D eigenvalue weighted by Gasteiger charge is -2.19. The second kappa shape index (κ2) is 4.41. The highest BCUT2D eigenvalue weighted by Crippen LogP contribution is 2.51. The van der Waals surface area contributed by atoms with Crippen LogP contribution in [0.15, 0.2) is 64.9 Å². The van der Waals surface area contributed by atoms with Gasteiger partial charge in [0.2, 0.25) is 0 Å². The van der Waals surface area contributed by atoms with Crippen LogP contribution in [-0.4, -0.2) is 0 Å². The Morgan fingerprint density at radius 1 is 0.812 bits per heavy atom. The number of fused-ring (bicyclic) bond motifs is 2. The summed E-state index contributed by atoms with van der Waals surface area (Å²) >= 11 is 10.8. The Hall–Kier alpha value is 0.1000. The molecule has 16 heavy (non-hydrogen) atoms. The van der Waals surface area contributed by atoms with E-state index in [9.17, 15) is 0 Å². The van der Waals surface area contributed by atoms with Gasteiger partial charge < -0.3 is 0 Å². The van der Waals surface area contributed by atoms with Gasteiger partial charge in [-0.05, 0) is 46.3 Å². The zero-order valence-electron chi connectivity index (χ0n) is 8.04. The van der Waals surface area contributed by atoms with Gasteiger partial charge in [-0.3, -0.25) is 0 Å². The normalized spacial score (nSPS) is 13.1. The van der Waals surface area contributed by atoms with Crippen LogP contribution in [0.25, 0.3) is 0 Å². The fraction of sp³-hybridized carbons (Fsp3) is 0. The summed E-state index contributed by atoms with van der Waals surface area (Å²) < 4.78 is 2.31.